The van der Waals surface area contributed by atoms with Gasteiger partial charge >= 0.3 is 0 Å². The Bertz CT molecular complexity index is 402. The molecule has 3 rings (SSSR count). The van der Waals surface area contributed by atoms with Gasteiger partial charge in [0.2, 0.25) is 0 Å². The number of benzene rings is 1. The first kappa shape index (κ1) is 10.4. The molecule has 0 spiro atoms. The molecule has 1 aromatic carbocycles. The second-order valence-corrected chi connectivity index (χ2v) is 5.11. The van der Waals surface area contributed by atoms with Crippen molar-refractivity contribution in [3.63, 3.8) is 0 Å². The highest BCUT2D eigenvalue weighted by atomic mass is 79.9. The van der Waals surface area contributed by atoms with Gasteiger partial charge in [0.25, 0.3) is 0 Å². The summed E-state index contributed by atoms with van der Waals surface area (Å²) >= 11 is 3.60. The summed E-state index contributed by atoms with van der Waals surface area (Å²) in [6.45, 7) is 5.15. The van der Waals surface area contributed by atoms with Gasteiger partial charge in [-0.25, -0.2) is 0 Å². The van der Waals surface area contributed by atoms with E-state index >= 15 is 0 Å². The van der Waals surface area contributed by atoms with Crippen molar-refractivity contribution >= 4 is 21.6 Å². The second kappa shape index (κ2) is 4.26. The van der Waals surface area contributed by atoms with Crippen molar-refractivity contribution in [1.82, 2.24) is 5.32 Å². The van der Waals surface area contributed by atoms with E-state index in [1.165, 1.54) is 11.3 Å². The predicted octanol–water partition coefficient (Wildman–Crippen LogP) is 1.79. The lowest BCUT2D eigenvalue weighted by Gasteiger charge is -2.30. The fourth-order valence-electron chi connectivity index (χ4n) is 2.35. The highest BCUT2D eigenvalue weighted by Crippen LogP contribution is 2.37. The Kier molecular flexibility index (Phi) is 2.77. The van der Waals surface area contributed by atoms with Crippen LogP contribution in [-0.4, -0.2) is 32.8 Å². The van der Waals surface area contributed by atoms with Crippen molar-refractivity contribution < 1.29 is 4.74 Å². The third-order valence-corrected chi connectivity index (χ3v) is 3.79. The molecule has 2 aliphatic heterocycles. The highest BCUT2D eigenvalue weighted by molar-refractivity contribution is 9.10. The van der Waals surface area contributed by atoms with E-state index < -0.39 is 0 Å². The minimum absolute atomic E-state index is 0.818. The number of ether oxygens (including phenoxy) is 1. The number of rotatable bonds is 1. The molecule has 0 aromatic heterocycles. The standard InChI is InChI=1S/C12H15BrN2O/c13-11-8-10(15-4-2-14-3-5-15)7-9-1-6-16-12(9)11/h7-8,14H,1-6H2. The van der Waals surface area contributed by atoms with Gasteiger partial charge < -0.3 is 15.0 Å². The van der Waals surface area contributed by atoms with Crippen LogP contribution in [-0.2, 0) is 6.42 Å². The van der Waals surface area contributed by atoms with Gasteiger partial charge in [-0.1, -0.05) is 0 Å². The Morgan fingerprint density at radius 2 is 2.06 bits per heavy atom. The molecule has 0 saturated carbocycles. The van der Waals surface area contributed by atoms with E-state index in [9.17, 15) is 0 Å². The van der Waals surface area contributed by atoms with Crippen LogP contribution in [0.3, 0.4) is 0 Å². The molecule has 1 fully saturated rings. The van der Waals surface area contributed by atoms with E-state index in [1.807, 2.05) is 0 Å². The fraction of sp³-hybridized carbons (Fsp3) is 0.500. The lowest BCUT2D eigenvalue weighted by atomic mass is 10.1. The first-order valence-corrected chi connectivity index (χ1v) is 6.55. The molecular weight excluding hydrogens is 268 g/mol. The molecule has 0 amide bonds. The zero-order valence-electron chi connectivity index (χ0n) is 9.13. The van der Waals surface area contributed by atoms with Gasteiger partial charge in [0.1, 0.15) is 5.75 Å². The topological polar surface area (TPSA) is 24.5 Å². The van der Waals surface area contributed by atoms with Crippen LogP contribution in [0.25, 0.3) is 0 Å². The van der Waals surface area contributed by atoms with Gasteiger partial charge in [-0.05, 0) is 28.1 Å². The van der Waals surface area contributed by atoms with E-state index in [-0.39, 0.29) is 0 Å². The maximum absolute atomic E-state index is 5.59. The summed E-state index contributed by atoms with van der Waals surface area (Å²) in [7, 11) is 0. The molecule has 2 aliphatic rings. The number of halogens is 1. The number of hydrogen-bond acceptors (Lipinski definition) is 3. The maximum atomic E-state index is 5.59. The predicted molar refractivity (Wildman–Crippen MR) is 68.4 cm³/mol. The average molecular weight is 283 g/mol. The number of hydrogen-bond donors (Lipinski definition) is 1. The van der Waals surface area contributed by atoms with Gasteiger partial charge in [-0.3, -0.25) is 0 Å². The Balaban J connectivity index is 1.92. The van der Waals surface area contributed by atoms with Crippen LogP contribution in [0.2, 0.25) is 0 Å². The van der Waals surface area contributed by atoms with Crippen molar-refractivity contribution in [2.24, 2.45) is 0 Å². The van der Waals surface area contributed by atoms with Crippen LogP contribution in [0.15, 0.2) is 16.6 Å². The molecule has 1 saturated heterocycles. The number of nitrogens with zero attached hydrogens (tertiary/aromatic N) is 1. The van der Waals surface area contributed by atoms with Gasteiger partial charge in [-0.15, -0.1) is 0 Å². The summed E-state index contributed by atoms with van der Waals surface area (Å²) in [5, 5.41) is 3.37. The van der Waals surface area contributed by atoms with E-state index in [4.69, 9.17) is 4.74 Å². The Labute approximate surface area is 104 Å². The summed E-state index contributed by atoms with van der Waals surface area (Å²) < 4.78 is 6.69. The summed E-state index contributed by atoms with van der Waals surface area (Å²) in [6.07, 6.45) is 1.04. The Morgan fingerprint density at radius 3 is 2.88 bits per heavy atom. The third kappa shape index (κ3) is 1.80. The third-order valence-electron chi connectivity index (χ3n) is 3.21. The van der Waals surface area contributed by atoms with Crippen LogP contribution in [0, 0.1) is 0 Å². The Hall–Kier alpha value is -0.740. The molecule has 1 aromatic rings. The van der Waals surface area contributed by atoms with Crippen LogP contribution in [0.4, 0.5) is 5.69 Å². The average Bonchev–Trinajstić information content (AvgIpc) is 2.79. The van der Waals surface area contributed by atoms with Crippen molar-refractivity contribution in [2.75, 3.05) is 37.7 Å². The van der Waals surface area contributed by atoms with E-state index in [0.29, 0.717) is 0 Å². The Morgan fingerprint density at radius 1 is 1.25 bits per heavy atom. The van der Waals surface area contributed by atoms with E-state index in [0.717, 1.165) is 49.4 Å². The number of anilines is 1. The summed E-state index contributed by atoms with van der Waals surface area (Å²) in [4.78, 5) is 2.43. The fourth-order valence-corrected chi connectivity index (χ4v) is 2.95. The lowest BCUT2D eigenvalue weighted by Crippen LogP contribution is -2.43. The molecular formula is C12H15BrN2O. The molecule has 4 heteroatoms. The van der Waals surface area contributed by atoms with Gasteiger partial charge in [0, 0.05) is 43.9 Å². The van der Waals surface area contributed by atoms with Crippen molar-refractivity contribution in [3.8, 4) is 5.75 Å². The summed E-state index contributed by atoms with van der Waals surface area (Å²) in [5.41, 5.74) is 2.65. The molecule has 0 unspecified atom stereocenters. The molecule has 0 bridgehead atoms. The van der Waals surface area contributed by atoms with Gasteiger partial charge in [0.05, 0.1) is 11.1 Å². The lowest BCUT2D eigenvalue weighted by molar-refractivity contribution is 0.355. The van der Waals surface area contributed by atoms with Crippen molar-refractivity contribution in [2.45, 2.75) is 6.42 Å². The van der Waals surface area contributed by atoms with E-state index in [2.05, 4.69) is 38.3 Å². The molecule has 0 atom stereocenters. The minimum Gasteiger partial charge on any atom is -0.492 e. The van der Waals surface area contributed by atoms with Gasteiger partial charge in [-0.2, -0.15) is 0 Å². The van der Waals surface area contributed by atoms with Crippen molar-refractivity contribution in [3.05, 3.63) is 22.2 Å². The normalized spacial score (nSPS) is 19.4. The maximum Gasteiger partial charge on any atom is 0.136 e. The SMILES string of the molecule is Brc1cc(N2CCNCC2)cc2c1OCC2. The summed E-state index contributed by atoms with van der Waals surface area (Å²) in [6, 6.07) is 4.45. The smallest absolute Gasteiger partial charge is 0.136 e. The van der Waals surface area contributed by atoms with Crippen LogP contribution >= 0.6 is 15.9 Å². The number of fused-ring (bicyclic) bond motifs is 1. The molecule has 0 aliphatic carbocycles. The molecule has 16 heavy (non-hydrogen) atoms. The molecule has 3 nitrogen and oxygen atoms in total. The number of nitrogens with one attached hydrogen (secondary N) is 1. The molecule has 1 N–H and O–H groups in total. The first-order valence-electron chi connectivity index (χ1n) is 5.75. The second-order valence-electron chi connectivity index (χ2n) is 4.25. The minimum atomic E-state index is 0.818. The van der Waals surface area contributed by atoms with Crippen molar-refractivity contribution in [1.29, 1.82) is 0 Å². The van der Waals surface area contributed by atoms with Crippen LogP contribution < -0.4 is 15.0 Å². The largest absolute Gasteiger partial charge is 0.492 e. The highest BCUT2D eigenvalue weighted by Gasteiger charge is 2.19. The zero-order chi connectivity index (χ0) is 11.0. The first-order chi connectivity index (χ1) is 7.84. The molecule has 2 heterocycles. The van der Waals surface area contributed by atoms with Crippen LogP contribution in [0.5, 0.6) is 5.75 Å². The molecule has 86 valence electrons. The zero-order valence-corrected chi connectivity index (χ0v) is 10.7. The number of piperazine rings is 1. The summed E-state index contributed by atoms with van der Waals surface area (Å²) in [5.74, 6) is 1.04. The van der Waals surface area contributed by atoms with Crippen LogP contribution in [0.1, 0.15) is 5.56 Å². The molecule has 0 radical (unpaired) electrons. The quantitative estimate of drug-likeness (QED) is 0.850. The van der Waals surface area contributed by atoms with Gasteiger partial charge in [0.15, 0.2) is 0 Å². The van der Waals surface area contributed by atoms with E-state index in [1.54, 1.807) is 0 Å². The monoisotopic (exact) mass is 282 g/mol.